The van der Waals surface area contributed by atoms with Crippen LogP contribution >= 0.6 is 15.2 Å². The van der Waals surface area contributed by atoms with Gasteiger partial charge in [-0.05, 0) is 11.1 Å². The number of aromatic nitrogens is 2. The minimum Gasteiger partial charge on any atom is -1.00 e. The SMILES string of the molecule is CC([n+]1ccc(-c2cc[n+](C(C)P(=O)(O)O)cc2)cc1)P(=O)(O)O.[Cl-].[Cl-]. The molecule has 2 heterocycles. The molecular weight excluding hydrogens is 425 g/mol. The van der Waals surface area contributed by atoms with E-state index in [1.807, 2.05) is 0 Å². The quantitative estimate of drug-likeness (QED) is 0.271. The Morgan fingerprint density at radius 1 is 0.692 bits per heavy atom. The molecule has 2 aromatic heterocycles. The fourth-order valence-electron chi connectivity index (χ4n) is 2.11. The van der Waals surface area contributed by atoms with Crippen LogP contribution in [-0.2, 0) is 9.13 Å². The highest BCUT2D eigenvalue weighted by Crippen LogP contribution is 2.45. The van der Waals surface area contributed by atoms with E-state index in [4.69, 9.17) is 0 Å². The molecule has 0 aliphatic carbocycles. The summed E-state index contributed by atoms with van der Waals surface area (Å²) in [5.74, 6) is -1.90. The van der Waals surface area contributed by atoms with Crippen molar-refractivity contribution in [1.82, 2.24) is 0 Å². The van der Waals surface area contributed by atoms with Gasteiger partial charge in [0.25, 0.3) is 11.6 Å². The first-order chi connectivity index (χ1) is 11.0. The molecule has 0 bridgehead atoms. The second-order valence-corrected chi connectivity index (χ2v) is 9.36. The van der Waals surface area contributed by atoms with Crippen molar-refractivity contribution in [2.75, 3.05) is 0 Å². The Morgan fingerprint density at radius 2 is 0.923 bits per heavy atom. The predicted octanol–water partition coefficient (Wildman–Crippen LogP) is -4.67. The standard InChI is InChI=1S/C14H18N2O6P2.2ClH/c1-11(23(17,18)19)15-7-3-13(4-8-15)14-5-9-16(10-6-14)12(2)24(20,21)22;;/h3-12H,1-2H3,(H2-2,17,18,19,20,21,22);2*1H. The van der Waals surface area contributed by atoms with Crippen LogP contribution in [0.25, 0.3) is 11.1 Å². The Labute approximate surface area is 163 Å². The number of pyridine rings is 2. The number of rotatable bonds is 5. The van der Waals surface area contributed by atoms with Crippen LogP contribution < -0.4 is 33.9 Å². The van der Waals surface area contributed by atoms with Gasteiger partial charge >= 0.3 is 15.2 Å². The number of nitrogens with zero attached hydrogens (tertiary/aromatic N) is 2. The molecule has 26 heavy (non-hydrogen) atoms. The van der Waals surface area contributed by atoms with Gasteiger partial charge in [-0.2, -0.15) is 9.13 Å². The molecular formula is C14H20Cl2N2O6P2. The third-order valence-electron chi connectivity index (χ3n) is 3.87. The Hall–Kier alpha value is -0.820. The summed E-state index contributed by atoms with van der Waals surface area (Å²) in [6.07, 6.45) is 6.33. The molecule has 0 saturated heterocycles. The molecule has 2 unspecified atom stereocenters. The molecule has 0 aliphatic rings. The summed E-state index contributed by atoms with van der Waals surface area (Å²) in [7, 11) is -8.43. The summed E-state index contributed by atoms with van der Waals surface area (Å²) in [6, 6.07) is 6.88. The predicted molar refractivity (Wildman–Crippen MR) is 85.8 cm³/mol. The lowest BCUT2D eigenvalue weighted by Crippen LogP contribution is -3.00. The minimum atomic E-state index is -4.21. The Morgan fingerprint density at radius 3 is 1.12 bits per heavy atom. The van der Waals surface area contributed by atoms with E-state index < -0.39 is 26.8 Å². The van der Waals surface area contributed by atoms with Crippen LogP contribution in [0.15, 0.2) is 49.1 Å². The van der Waals surface area contributed by atoms with Crippen molar-refractivity contribution in [3.8, 4) is 11.1 Å². The largest absolute Gasteiger partial charge is 1.00 e. The van der Waals surface area contributed by atoms with Gasteiger partial charge in [0.2, 0.25) is 0 Å². The average Bonchev–Trinajstić information content (AvgIpc) is 2.52. The van der Waals surface area contributed by atoms with Crippen LogP contribution in [0.5, 0.6) is 0 Å². The first-order valence-electron chi connectivity index (χ1n) is 7.12. The van der Waals surface area contributed by atoms with Crippen molar-refractivity contribution >= 4 is 15.2 Å². The van der Waals surface area contributed by atoms with Gasteiger partial charge in [0.1, 0.15) is 0 Å². The smallest absolute Gasteiger partial charge is 0.392 e. The maximum atomic E-state index is 11.3. The van der Waals surface area contributed by atoms with Crippen molar-refractivity contribution in [1.29, 1.82) is 0 Å². The van der Waals surface area contributed by atoms with Gasteiger partial charge in [-0.25, -0.2) is 0 Å². The molecule has 0 radical (unpaired) electrons. The Balaban J connectivity index is 0.00000312. The topological polar surface area (TPSA) is 123 Å². The Bertz CT molecular complexity index is 738. The summed E-state index contributed by atoms with van der Waals surface area (Å²) >= 11 is 0. The van der Waals surface area contributed by atoms with E-state index in [0.717, 1.165) is 11.1 Å². The van der Waals surface area contributed by atoms with Crippen molar-refractivity contribution in [3.63, 3.8) is 0 Å². The molecule has 0 fully saturated rings. The summed E-state index contributed by atoms with van der Waals surface area (Å²) in [4.78, 5) is 36.8. The van der Waals surface area contributed by atoms with Crippen LogP contribution in [0.2, 0.25) is 0 Å². The van der Waals surface area contributed by atoms with Crippen molar-refractivity contribution in [2.45, 2.75) is 25.4 Å². The zero-order valence-corrected chi connectivity index (χ0v) is 17.2. The first-order valence-corrected chi connectivity index (χ1v) is 10.5. The molecule has 0 spiro atoms. The monoisotopic (exact) mass is 444 g/mol. The molecule has 2 atom stereocenters. The molecule has 0 aromatic carbocycles. The average molecular weight is 445 g/mol. The lowest BCUT2D eigenvalue weighted by molar-refractivity contribution is -0.701. The molecule has 2 rings (SSSR count). The summed E-state index contributed by atoms with van der Waals surface area (Å²) in [6.45, 7) is 2.88. The molecule has 0 aliphatic heterocycles. The summed E-state index contributed by atoms with van der Waals surface area (Å²) in [5.41, 5.74) is 1.64. The van der Waals surface area contributed by atoms with E-state index in [1.54, 1.807) is 49.1 Å². The summed E-state index contributed by atoms with van der Waals surface area (Å²) in [5, 5.41) is 0. The maximum absolute atomic E-state index is 11.3. The van der Waals surface area contributed by atoms with E-state index in [1.165, 1.54) is 23.0 Å². The van der Waals surface area contributed by atoms with Gasteiger partial charge in [-0.15, -0.1) is 0 Å². The lowest BCUT2D eigenvalue weighted by atomic mass is 10.1. The van der Waals surface area contributed by atoms with Crippen LogP contribution in [0.1, 0.15) is 25.4 Å². The van der Waals surface area contributed by atoms with Gasteiger partial charge in [-0.1, -0.05) is 0 Å². The minimum absolute atomic E-state index is 0. The van der Waals surface area contributed by atoms with Crippen molar-refractivity contribution in [2.24, 2.45) is 0 Å². The van der Waals surface area contributed by atoms with E-state index in [2.05, 4.69) is 0 Å². The highest BCUT2D eigenvalue weighted by molar-refractivity contribution is 7.51. The fourth-order valence-corrected chi connectivity index (χ4v) is 3.11. The van der Waals surface area contributed by atoms with Gasteiger partial charge in [0.15, 0.2) is 24.8 Å². The van der Waals surface area contributed by atoms with Gasteiger partial charge in [0, 0.05) is 38.1 Å². The second-order valence-electron chi connectivity index (χ2n) is 5.51. The first kappa shape index (κ1) is 25.2. The van der Waals surface area contributed by atoms with E-state index in [0.29, 0.717) is 0 Å². The zero-order valence-electron chi connectivity index (χ0n) is 13.9. The number of halogens is 2. The highest BCUT2D eigenvalue weighted by Gasteiger charge is 2.33. The lowest BCUT2D eigenvalue weighted by Gasteiger charge is -2.10. The molecule has 0 amide bonds. The van der Waals surface area contributed by atoms with Crippen molar-refractivity contribution in [3.05, 3.63) is 49.1 Å². The highest BCUT2D eigenvalue weighted by atomic mass is 35.5. The second kappa shape index (κ2) is 9.40. The number of hydrogen-bond donors (Lipinski definition) is 4. The molecule has 146 valence electrons. The third kappa shape index (κ3) is 6.12. The van der Waals surface area contributed by atoms with Gasteiger partial charge < -0.3 is 44.4 Å². The number of hydrogen-bond acceptors (Lipinski definition) is 2. The maximum Gasteiger partial charge on any atom is 0.392 e. The molecule has 12 heteroatoms. The molecule has 0 saturated carbocycles. The zero-order chi connectivity index (χ0) is 18.1. The van der Waals surface area contributed by atoms with Crippen LogP contribution in [0.3, 0.4) is 0 Å². The third-order valence-corrected chi connectivity index (χ3v) is 6.36. The van der Waals surface area contributed by atoms with Crippen LogP contribution in [0, 0.1) is 0 Å². The molecule has 2 aromatic rings. The van der Waals surface area contributed by atoms with E-state index in [-0.39, 0.29) is 24.8 Å². The van der Waals surface area contributed by atoms with Crippen LogP contribution in [-0.4, -0.2) is 19.6 Å². The van der Waals surface area contributed by atoms with Crippen LogP contribution in [0.4, 0.5) is 0 Å². The normalized spacial score (nSPS) is 13.9. The molecule has 4 N–H and O–H groups in total. The van der Waals surface area contributed by atoms with Gasteiger partial charge in [-0.3, -0.25) is 9.13 Å². The Kier molecular flexibility index (Phi) is 9.10. The fraction of sp³-hybridized carbons (Fsp3) is 0.286. The van der Waals surface area contributed by atoms with E-state index in [9.17, 15) is 28.7 Å². The summed E-state index contributed by atoms with van der Waals surface area (Å²) < 4.78 is 25.4. The van der Waals surface area contributed by atoms with Crippen molar-refractivity contribution < 1.29 is 62.7 Å². The van der Waals surface area contributed by atoms with E-state index >= 15 is 0 Å². The van der Waals surface area contributed by atoms with Gasteiger partial charge in [0.05, 0.1) is 0 Å². The molecule has 8 nitrogen and oxygen atoms in total.